The number of unbranched alkanes of at least 4 members (excludes halogenated alkanes) is 1. The fraction of sp³-hybridized carbons (Fsp3) is 0.500. The summed E-state index contributed by atoms with van der Waals surface area (Å²) in [6.45, 7) is 3.27. The number of para-hydroxylation sites is 1. The zero-order valence-electron chi connectivity index (χ0n) is 11.8. The number of likely N-dealkylation sites (N-methyl/N-ethyl adjacent to an activating group) is 1. The van der Waals surface area contributed by atoms with Crippen molar-refractivity contribution < 1.29 is 0 Å². The molecular weight excluding hydrogens is 460 g/mol. The molecule has 0 aromatic heterocycles. The SMILES string of the molecule is CCCCC(/C=C(\I)CN(C)c1ccccc1)CI. The van der Waals surface area contributed by atoms with E-state index in [0.717, 1.165) is 12.5 Å². The highest BCUT2D eigenvalue weighted by molar-refractivity contribution is 14.1. The first-order valence-electron chi connectivity index (χ1n) is 6.85. The number of halogens is 2. The van der Waals surface area contributed by atoms with Gasteiger partial charge in [0.05, 0.1) is 0 Å². The van der Waals surface area contributed by atoms with Gasteiger partial charge in [0, 0.05) is 27.3 Å². The number of hydrogen-bond donors (Lipinski definition) is 0. The molecule has 0 spiro atoms. The lowest BCUT2D eigenvalue weighted by atomic mass is 10.0. The lowest BCUT2D eigenvalue weighted by Crippen LogP contribution is -2.18. The van der Waals surface area contributed by atoms with Crippen LogP contribution in [0.2, 0.25) is 0 Å². The molecule has 0 amide bonds. The second-order valence-electron chi connectivity index (χ2n) is 4.86. The summed E-state index contributed by atoms with van der Waals surface area (Å²) < 4.78 is 2.67. The second-order valence-corrected chi connectivity index (χ2v) is 7.13. The van der Waals surface area contributed by atoms with Gasteiger partial charge >= 0.3 is 0 Å². The van der Waals surface area contributed by atoms with Crippen molar-refractivity contribution in [3.63, 3.8) is 0 Å². The van der Waals surface area contributed by atoms with E-state index in [4.69, 9.17) is 0 Å². The van der Waals surface area contributed by atoms with Crippen LogP contribution in [0.25, 0.3) is 0 Å². The van der Waals surface area contributed by atoms with E-state index in [0.29, 0.717) is 0 Å². The zero-order valence-corrected chi connectivity index (χ0v) is 16.1. The smallest absolute Gasteiger partial charge is 0.0480 e. The van der Waals surface area contributed by atoms with Crippen molar-refractivity contribution in [2.75, 3.05) is 22.9 Å². The van der Waals surface area contributed by atoms with E-state index < -0.39 is 0 Å². The third-order valence-corrected chi connectivity index (χ3v) is 4.96. The molecule has 0 bridgehead atoms. The number of rotatable bonds is 8. The van der Waals surface area contributed by atoms with Gasteiger partial charge < -0.3 is 4.90 Å². The van der Waals surface area contributed by atoms with Gasteiger partial charge in [-0.2, -0.15) is 0 Å². The molecule has 1 atom stereocenters. The van der Waals surface area contributed by atoms with Crippen molar-refractivity contribution in [3.8, 4) is 0 Å². The number of hydrogen-bond acceptors (Lipinski definition) is 1. The molecule has 0 heterocycles. The second kappa shape index (κ2) is 10.0. The number of anilines is 1. The Kier molecular flexibility index (Phi) is 9.11. The number of benzene rings is 1. The molecule has 0 fully saturated rings. The number of allylic oxidation sites excluding steroid dienone is 1. The molecule has 106 valence electrons. The van der Waals surface area contributed by atoms with Crippen molar-refractivity contribution in [2.45, 2.75) is 26.2 Å². The topological polar surface area (TPSA) is 3.24 Å². The highest BCUT2D eigenvalue weighted by Gasteiger charge is 2.06. The maximum Gasteiger partial charge on any atom is 0.0480 e. The molecule has 1 nitrogen and oxygen atoms in total. The monoisotopic (exact) mass is 483 g/mol. The van der Waals surface area contributed by atoms with E-state index in [1.807, 2.05) is 0 Å². The standard InChI is InChI=1S/C16H23I2N/c1-3-4-8-14(12-17)11-15(18)13-19(2)16-9-6-5-7-10-16/h5-7,9-11,14H,3-4,8,12-13H2,1-2H3/b15-11-. The Balaban J connectivity index is 2.55. The third-order valence-electron chi connectivity index (χ3n) is 3.13. The molecule has 1 aromatic carbocycles. The quantitative estimate of drug-likeness (QED) is 0.340. The van der Waals surface area contributed by atoms with Crippen LogP contribution in [-0.4, -0.2) is 18.0 Å². The van der Waals surface area contributed by atoms with E-state index in [1.165, 1.54) is 33.0 Å². The summed E-state index contributed by atoms with van der Waals surface area (Å²) in [5.74, 6) is 0.733. The van der Waals surface area contributed by atoms with Gasteiger partial charge in [0.25, 0.3) is 0 Å². The van der Waals surface area contributed by atoms with Crippen LogP contribution in [0.1, 0.15) is 26.2 Å². The lowest BCUT2D eigenvalue weighted by Gasteiger charge is -2.20. The summed E-state index contributed by atoms with van der Waals surface area (Å²) in [5, 5.41) is 0. The van der Waals surface area contributed by atoms with E-state index in [1.54, 1.807) is 0 Å². The molecule has 0 aliphatic rings. The molecule has 0 aliphatic carbocycles. The minimum Gasteiger partial charge on any atom is -0.370 e. The predicted octanol–water partition coefficient (Wildman–Crippen LogP) is 5.68. The van der Waals surface area contributed by atoms with Gasteiger partial charge in [0.1, 0.15) is 0 Å². The number of nitrogens with zero attached hydrogens (tertiary/aromatic N) is 1. The van der Waals surface area contributed by atoms with Crippen molar-refractivity contribution in [1.82, 2.24) is 0 Å². The molecule has 3 heteroatoms. The van der Waals surface area contributed by atoms with Gasteiger partial charge in [0.2, 0.25) is 0 Å². The van der Waals surface area contributed by atoms with E-state index >= 15 is 0 Å². The molecular formula is C16H23I2N. The third kappa shape index (κ3) is 6.97. The molecule has 0 saturated heterocycles. The average Bonchev–Trinajstić information content (AvgIpc) is 2.44. The highest BCUT2D eigenvalue weighted by Crippen LogP contribution is 2.21. The minimum absolute atomic E-state index is 0.733. The maximum absolute atomic E-state index is 2.51. The normalized spacial score (nSPS) is 13.4. The Morgan fingerprint density at radius 1 is 1.32 bits per heavy atom. The summed E-state index contributed by atoms with van der Waals surface area (Å²) >= 11 is 5.00. The van der Waals surface area contributed by atoms with Gasteiger partial charge in [-0.3, -0.25) is 0 Å². The molecule has 1 unspecified atom stereocenters. The first-order valence-corrected chi connectivity index (χ1v) is 9.46. The van der Waals surface area contributed by atoms with Crippen LogP contribution in [-0.2, 0) is 0 Å². The lowest BCUT2D eigenvalue weighted by molar-refractivity contribution is 0.610. The Morgan fingerprint density at radius 2 is 2.00 bits per heavy atom. The summed E-state index contributed by atoms with van der Waals surface area (Å²) in [4.78, 5) is 2.31. The van der Waals surface area contributed by atoms with Crippen molar-refractivity contribution in [1.29, 1.82) is 0 Å². The van der Waals surface area contributed by atoms with Gasteiger partial charge in [-0.25, -0.2) is 0 Å². The minimum atomic E-state index is 0.733. The van der Waals surface area contributed by atoms with Gasteiger partial charge in [-0.1, -0.05) is 66.6 Å². The predicted molar refractivity (Wildman–Crippen MR) is 104 cm³/mol. The largest absolute Gasteiger partial charge is 0.370 e. The number of alkyl halides is 1. The summed E-state index contributed by atoms with van der Waals surface area (Å²) in [6.07, 6.45) is 6.41. The Labute approximate surface area is 145 Å². The first-order chi connectivity index (χ1) is 9.17. The first kappa shape index (κ1) is 17.3. The molecule has 0 radical (unpaired) electrons. The summed E-state index contributed by atoms with van der Waals surface area (Å²) in [6, 6.07) is 10.6. The van der Waals surface area contributed by atoms with Gasteiger partial charge in [0.15, 0.2) is 0 Å². The molecule has 1 rings (SSSR count). The van der Waals surface area contributed by atoms with Crippen molar-refractivity contribution >= 4 is 50.9 Å². The highest BCUT2D eigenvalue weighted by atomic mass is 127. The summed E-state index contributed by atoms with van der Waals surface area (Å²) in [7, 11) is 2.16. The maximum atomic E-state index is 2.51. The summed E-state index contributed by atoms with van der Waals surface area (Å²) in [5.41, 5.74) is 1.28. The van der Waals surface area contributed by atoms with Gasteiger partial charge in [-0.05, 0) is 47.1 Å². The Morgan fingerprint density at radius 3 is 2.58 bits per heavy atom. The molecule has 19 heavy (non-hydrogen) atoms. The van der Waals surface area contributed by atoms with Crippen LogP contribution in [0.3, 0.4) is 0 Å². The van der Waals surface area contributed by atoms with Crippen LogP contribution < -0.4 is 4.90 Å². The van der Waals surface area contributed by atoms with Crippen LogP contribution in [0.4, 0.5) is 5.69 Å². The molecule has 0 N–H and O–H groups in total. The van der Waals surface area contributed by atoms with E-state index in [2.05, 4.69) is 100 Å². The van der Waals surface area contributed by atoms with Crippen LogP contribution in [0.15, 0.2) is 40.0 Å². The van der Waals surface area contributed by atoms with E-state index in [9.17, 15) is 0 Å². The molecule has 1 aromatic rings. The van der Waals surface area contributed by atoms with Crippen LogP contribution in [0, 0.1) is 5.92 Å². The fourth-order valence-electron chi connectivity index (χ4n) is 1.98. The average molecular weight is 483 g/mol. The Bertz CT molecular complexity index is 376. The molecule has 0 aliphatic heterocycles. The van der Waals surface area contributed by atoms with Crippen molar-refractivity contribution in [2.24, 2.45) is 5.92 Å². The van der Waals surface area contributed by atoms with E-state index in [-0.39, 0.29) is 0 Å². The Hall–Kier alpha value is 0.220. The van der Waals surface area contributed by atoms with Crippen LogP contribution in [0.5, 0.6) is 0 Å². The van der Waals surface area contributed by atoms with Gasteiger partial charge in [-0.15, -0.1) is 0 Å². The zero-order chi connectivity index (χ0) is 14.1. The molecule has 0 saturated carbocycles. The fourth-order valence-corrected chi connectivity index (χ4v) is 3.70. The van der Waals surface area contributed by atoms with Crippen molar-refractivity contribution in [3.05, 3.63) is 40.0 Å². The van der Waals surface area contributed by atoms with Crippen LogP contribution >= 0.6 is 45.2 Å².